The van der Waals surface area contributed by atoms with Crippen molar-refractivity contribution in [3.8, 4) is 0 Å². The lowest BCUT2D eigenvalue weighted by Crippen LogP contribution is -2.41. The Labute approximate surface area is 168 Å². The molecule has 9 heteroatoms. The van der Waals surface area contributed by atoms with E-state index in [1.54, 1.807) is 23.0 Å². The number of likely N-dealkylation sites (tertiary alicyclic amines) is 1. The first-order valence-corrected chi connectivity index (χ1v) is 10.0. The number of aromatic nitrogens is 2. The van der Waals surface area contributed by atoms with E-state index >= 15 is 0 Å². The molecule has 156 valence electrons. The van der Waals surface area contributed by atoms with Crippen LogP contribution in [0.15, 0.2) is 35.0 Å². The molecular weight excluding hydrogens is 376 g/mol. The van der Waals surface area contributed by atoms with Crippen LogP contribution in [0.3, 0.4) is 0 Å². The van der Waals surface area contributed by atoms with E-state index < -0.39 is 0 Å². The minimum absolute atomic E-state index is 0.140. The van der Waals surface area contributed by atoms with Gasteiger partial charge in [-0.2, -0.15) is 5.10 Å². The molecule has 0 aromatic carbocycles. The number of ether oxygens (including phenoxy) is 2. The van der Waals surface area contributed by atoms with Gasteiger partial charge in [-0.05, 0) is 24.6 Å². The molecular formula is C20H26N4O5. The fourth-order valence-corrected chi connectivity index (χ4v) is 3.65. The molecule has 0 radical (unpaired) electrons. The van der Waals surface area contributed by atoms with Gasteiger partial charge in [0.1, 0.15) is 18.0 Å². The van der Waals surface area contributed by atoms with E-state index in [2.05, 4.69) is 10.4 Å². The molecule has 4 rings (SSSR count). The van der Waals surface area contributed by atoms with Crippen molar-refractivity contribution >= 4 is 11.8 Å². The third kappa shape index (κ3) is 4.68. The summed E-state index contributed by atoms with van der Waals surface area (Å²) in [6.07, 6.45) is 4.59. The van der Waals surface area contributed by atoms with Crippen molar-refractivity contribution in [1.82, 2.24) is 20.0 Å². The molecule has 2 fully saturated rings. The molecule has 29 heavy (non-hydrogen) atoms. The molecule has 2 aromatic rings. The predicted molar refractivity (Wildman–Crippen MR) is 102 cm³/mol. The summed E-state index contributed by atoms with van der Waals surface area (Å²) in [7, 11) is 0. The van der Waals surface area contributed by atoms with Crippen LogP contribution in [0.25, 0.3) is 0 Å². The molecule has 2 atom stereocenters. The molecule has 0 aliphatic carbocycles. The number of nitrogens with one attached hydrogen (secondary N) is 1. The molecule has 2 aliphatic heterocycles. The van der Waals surface area contributed by atoms with Gasteiger partial charge >= 0.3 is 0 Å². The van der Waals surface area contributed by atoms with Crippen LogP contribution in [0.2, 0.25) is 0 Å². The Kier molecular flexibility index (Phi) is 5.96. The van der Waals surface area contributed by atoms with Crippen LogP contribution >= 0.6 is 0 Å². The van der Waals surface area contributed by atoms with Gasteiger partial charge in [-0.15, -0.1) is 0 Å². The van der Waals surface area contributed by atoms with Crippen molar-refractivity contribution in [1.29, 1.82) is 0 Å². The highest BCUT2D eigenvalue weighted by atomic mass is 16.6. The number of nitrogens with zero attached hydrogens (tertiary/aromatic N) is 3. The molecule has 0 saturated carbocycles. The van der Waals surface area contributed by atoms with Crippen molar-refractivity contribution in [3.63, 3.8) is 0 Å². The largest absolute Gasteiger partial charge is 0.454 e. The molecule has 2 aliphatic rings. The third-order valence-electron chi connectivity index (χ3n) is 5.15. The summed E-state index contributed by atoms with van der Waals surface area (Å²) < 4.78 is 19.2. The normalized spacial score (nSPS) is 22.3. The van der Waals surface area contributed by atoms with Gasteiger partial charge in [0.25, 0.3) is 5.91 Å². The summed E-state index contributed by atoms with van der Waals surface area (Å²) in [4.78, 5) is 26.4. The quantitative estimate of drug-likeness (QED) is 0.776. The van der Waals surface area contributed by atoms with Crippen LogP contribution in [-0.2, 0) is 20.8 Å². The summed E-state index contributed by atoms with van der Waals surface area (Å²) in [5.74, 6) is 0.730. The van der Waals surface area contributed by atoms with Gasteiger partial charge in [0.05, 0.1) is 25.8 Å². The zero-order chi connectivity index (χ0) is 20.2. The average molecular weight is 402 g/mol. The van der Waals surface area contributed by atoms with Gasteiger partial charge < -0.3 is 24.1 Å². The Morgan fingerprint density at radius 3 is 2.62 bits per heavy atom. The van der Waals surface area contributed by atoms with Crippen molar-refractivity contribution in [2.45, 2.75) is 44.6 Å². The first kappa shape index (κ1) is 19.7. The van der Waals surface area contributed by atoms with E-state index in [0.717, 1.165) is 6.42 Å². The van der Waals surface area contributed by atoms with Gasteiger partial charge in [-0.1, -0.05) is 6.92 Å². The smallest absolute Gasteiger partial charge is 0.287 e. The van der Waals surface area contributed by atoms with E-state index in [1.165, 1.54) is 0 Å². The number of fused-ring (bicyclic) bond motifs is 1. The van der Waals surface area contributed by atoms with Crippen LogP contribution in [0.5, 0.6) is 0 Å². The number of hydrogen-bond donors (Lipinski definition) is 1. The highest BCUT2D eigenvalue weighted by Crippen LogP contribution is 2.21. The summed E-state index contributed by atoms with van der Waals surface area (Å²) in [6.45, 7) is 4.21. The summed E-state index contributed by atoms with van der Waals surface area (Å²) >= 11 is 0. The van der Waals surface area contributed by atoms with E-state index in [0.29, 0.717) is 45.0 Å². The maximum Gasteiger partial charge on any atom is 0.287 e. The highest BCUT2D eigenvalue weighted by Gasteiger charge is 2.39. The maximum atomic E-state index is 12.5. The second-order valence-corrected chi connectivity index (χ2v) is 7.43. The number of furan rings is 1. The lowest BCUT2D eigenvalue weighted by Gasteiger charge is -2.19. The van der Waals surface area contributed by atoms with Gasteiger partial charge in [-0.3, -0.25) is 14.3 Å². The number of rotatable bonds is 6. The fourth-order valence-electron chi connectivity index (χ4n) is 3.65. The van der Waals surface area contributed by atoms with Crippen molar-refractivity contribution in [3.05, 3.63) is 42.1 Å². The Morgan fingerprint density at radius 1 is 1.21 bits per heavy atom. The minimum Gasteiger partial charge on any atom is -0.454 e. The Hall–Kier alpha value is -2.65. The number of carbonyl (C=O) groups excluding carboxylic acids is 2. The number of hydrogen-bond acceptors (Lipinski definition) is 6. The fraction of sp³-hybridized carbons (Fsp3) is 0.550. The SMILES string of the molecule is CCCC(=O)N1C[C@@H]2OCC(NC(=O)c3ccc(Cn4cccn4)o3)CO[C@H]2C1. The summed E-state index contributed by atoms with van der Waals surface area (Å²) in [5.41, 5.74) is 0. The molecule has 1 N–H and O–H groups in total. The molecule has 4 heterocycles. The van der Waals surface area contributed by atoms with E-state index in [1.807, 2.05) is 24.1 Å². The highest BCUT2D eigenvalue weighted by molar-refractivity contribution is 5.91. The Bertz CT molecular complexity index is 818. The van der Waals surface area contributed by atoms with Crippen molar-refractivity contribution < 1.29 is 23.5 Å². The van der Waals surface area contributed by atoms with Crippen molar-refractivity contribution in [2.75, 3.05) is 26.3 Å². The number of amides is 2. The van der Waals surface area contributed by atoms with Gasteiger partial charge in [0.15, 0.2) is 5.76 Å². The Morgan fingerprint density at radius 2 is 1.97 bits per heavy atom. The van der Waals surface area contributed by atoms with Crippen LogP contribution in [0.1, 0.15) is 36.1 Å². The first-order chi connectivity index (χ1) is 14.1. The predicted octanol–water partition coefficient (Wildman–Crippen LogP) is 1.05. The molecule has 0 unspecified atom stereocenters. The molecule has 2 aromatic heterocycles. The van der Waals surface area contributed by atoms with Crippen molar-refractivity contribution in [2.24, 2.45) is 0 Å². The first-order valence-electron chi connectivity index (χ1n) is 10.0. The molecule has 2 amide bonds. The standard InChI is InChI=1S/C20H26N4O5/c1-2-4-19(25)23-10-17-18(11-23)28-13-14(12-27-17)22-20(26)16-6-5-15(29-16)9-24-8-3-7-21-24/h3,5-8,14,17-18H,2,4,9-13H2,1H3,(H,22,26)/t17-,18-/m0/s1. The van der Waals surface area contributed by atoms with Crippen LogP contribution in [-0.4, -0.2) is 71.0 Å². The van der Waals surface area contributed by atoms with E-state index in [-0.39, 0.29) is 35.8 Å². The topological polar surface area (TPSA) is 98.8 Å². The monoisotopic (exact) mass is 402 g/mol. The lowest BCUT2D eigenvalue weighted by atomic mass is 10.3. The summed E-state index contributed by atoms with van der Waals surface area (Å²) in [5, 5.41) is 7.03. The minimum atomic E-state index is -0.305. The average Bonchev–Trinajstić information content (AvgIpc) is 3.44. The zero-order valence-electron chi connectivity index (χ0n) is 16.5. The number of carbonyl (C=O) groups is 2. The Balaban J connectivity index is 1.28. The van der Waals surface area contributed by atoms with Gasteiger partial charge in [0, 0.05) is 31.9 Å². The maximum absolute atomic E-state index is 12.5. The lowest BCUT2D eigenvalue weighted by molar-refractivity contribution is -0.131. The molecule has 0 bridgehead atoms. The second-order valence-electron chi connectivity index (χ2n) is 7.43. The second kappa shape index (κ2) is 8.79. The van der Waals surface area contributed by atoms with Gasteiger partial charge in [-0.25, -0.2) is 0 Å². The zero-order valence-corrected chi connectivity index (χ0v) is 16.5. The van der Waals surface area contributed by atoms with E-state index in [9.17, 15) is 9.59 Å². The molecule has 2 saturated heterocycles. The van der Waals surface area contributed by atoms with E-state index in [4.69, 9.17) is 13.9 Å². The van der Waals surface area contributed by atoms with Crippen LogP contribution in [0.4, 0.5) is 0 Å². The molecule has 9 nitrogen and oxygen atoms in total. The van der Waals surface area contributed by atoms with Crippen LogP contribution in [0, 0.1) is 0 Å². The molecule has 0 spiro atoms. The third-order valence-corrected chi connectivity index (χ3v) is 5.15. The van der Waals surface area contributed by atoms with Crippen LogP contribution < -0.4 is 5.32 Å². The van der Waals surface area contributed by atoms with Gasteiger partial charge in [0.2, 0.25) is 5.91 Å². The summed E-state index contributed by atoms with van der Waals surface area (Å²) in [6, 6.07) is 4.98.